The van der Waals surface area contributed by atoms with Crippen molar-refractivity contribution in [3.63, 3.8) is 0 Å². The van der Waals surface area contributed by atoms with Crippen LogP contribution >= 0.6 is 33.9 Å². The highest BCUT2D eigenvalue weighted by molar-refractivity contribution is 8.13. The average Bonchev–Trinajstić information content (AvgIpc) is 2.29. The van der Waals surface area contributed by atoms with E-state index >= 15 is 0 Å². The van der Waals surface area contributed by atoms with E-state index in [0.29, 0.717) is 0 Å². The van der Waals surface area contributed by atoms with Crippen molar-refractivity contribution in [2.24, 2.45) is 0 Å². The number of carbonyl (C=O) groups excluding carboxylic acids is 1. The zero-order valence-electron chi connectivity index (χ0n) is 11.8. The van der Waals surface area contributed by atoms with Crippen LogP contribution in [-0.4, -0.2) is 19.9 Å². The third-order valence-corrected chi connectivity index (χ3v) is 4.99. The molecule has 4 nitrogen and oxygen atoms in total. The SMILES string of the molecule is CCCC(C)(C)NC(=O)c1cc(S(=O)(=O)Cl)cc(Cl)c1Cl. The molecule has 21 heavy (non-hydrogen) atoms. The Morgan fingerprint density at radius 2 is 1.86 bits per heavy atom. The molecule has 0 radical (unpaired) electrons. The van der Waals surface area contributed by atoms with Gasteiger partial charge in [-0.1, -0.05) is 36.5 Å². The Morgan fingerprint density at radius 3 is 2.33 bits per heavy atom. The van der Waals surface area contributed by atoms with E-state index in [0.717, 1.165) is 25.0 Å². The lowest BCUT2D eigenvalue weighted by molar-refractivity contribution is 0.0909. The molecule has 0 saturated carbocycles. The molecule has 1 aromatic carbocycles. The van der Waals surface area contributed by atoms with Crippen molar-refractivity contribution in [1.82, 2.24) is 5.32 Å². The molecule has 0 aliphatic heterocycles. The standard InChI is InChI=1S/C13H16Cl3NO3S/c1-4-5-13(2,3)17-12(18)9-6-8(21(16,19)20)7-10(14)11(9)15/h6-7H,4-5H2,1-3H3,(H,17,18). The molecule has 118 valence electrons. The summed E-state index contributed by atoms with van der Waals surface area (Å²) >= 11 is 11.9. The van der Waals surface area contributed by atoms with Gasteiger partial charge in [-0.15, -0.1) is 0 Å². The Bertz CT molecular complexity index is 657. The quantitative estimate of drug-likeness (QED) is 0.787. The molecule has 1 N–H and O–H groups in total. The van der Waals surface area contributed by atoms with Crippen LogP contribution in [0.2, 0.25) is 10.0 Å². The highest BCUT2D eigenvalue weighted by atomic mass is 35.7. The molecule has 0 aromatic heterocycles. The van der Waals surface area contributed by atoms with Gasteiger partial charge in [0.25, 0.3) is 15.0 Å². The van der Waals surface area contributed by atoms with Crippen LogP contribution in [0.1, 0.15) is 44.0 Å². The summed E-state index contributed by atoms with van der Waals surface area (Å²) in [5.74, 6) is -0.498. The molecular formula is C13H16Cl3NO3S. The molecule has 1 rings (SSSR count). The van der Waals surface area contributed by atoms with E-state index in [1.54, 1.807) is 0 Å². The van der Waals surface area contributed by atoms with Gasteiger partial charge in [0, 0.05) is 16.2 Å². The summed E-state index contributed by atoms with van der Waals surface area (Å²) in [6.45, 7) is 5.73. The smallest absolute Gasteiger partial charge is 0.261 e. The van der Waals surface area contributed by atoms with Gasteiger partial charge in [-0.2, -0.15) is 0 Å². The van der Waals surface area contributed by atoms with Crippen LogP contribution < -0.4 is 5.32 Å². The number of hydrogen-bond donors (Lipinski definition) is 1. The highest BCUT2D eigenvalue weighted by Crippen LogP contribution is 2.31. The van der Waals surface area contributed by atoms with Gasteiger partial charge < -0.3 is 5.32 Å². The van der Waals surface area contributed by atoms with Gasteiger partial charge in [-0.05, 0) is 32.4 Å². The van der Waals surface area contributed by atoms with Crippen LogP contribution in [0.4, 0.5) is 0 Å². The van der Waals surface area contributed by atoms with Crippen LogP contribution in [0.3, 0.4) is 0 Å². The van der Waals surface area contributed by atoms with Crippen molar-refractivity contribution in [3.8, 4) is 0 Å². The number of carbonyl (C=O) groups is 1. The monoisotopic (exact) mass is 371 g/mol. The van der Waals surface area contributed by atoms with E-state index in [1.807, 2.05) is 20.8 Å². The van der Waals surface area contributed by atoms with Crippen molar-refractivity contribution < 1.29 is 13.2 Å². The van der Waals surface area contributed by atoms with E-state index in [9.17, 15) is 13.2 Å². The minimum Gasteiger partial charge on any atom is -0.347 e. The fourth-order valence-electron chi connectivity index (χ4n) is 1.93. The van der Waals surface area contributed by atoms with E-state index in [-0.39, 0.29) is 20.5 Å². The molecule has 0 bridgehead atoms. The van der Waals surface area contributed by atoms with E-state index < -0.39 is 20.5 Å². The Kier molecular flexibility index (Phi) is 5.95. The summed E-state index contributed by atoms with van der Waals surface area (Å²) in [4.78, 5) is 12.0. The lowest BCUT2D eigenvalue weighted by atomic mass is 9.98. The topological polar surface area (TPSA) is 63.2 Å². The second-order valence-corrected chi connectivity index (χ2v) is 8.64. The molecule has 1 amide bonds. The Labute approximate surface area is 139 Å². The predicted octanol–water partition coefficient (Wildman–Crippen LogP) is 4.23. The second kappa shape index (κ2) is 6.73. The molecule has 0 aliphatic rings. The normalized spacial score (nSPS) is 12.3. The molecule has 0 saturated heterocycles. The molecule has 0 aliphatic carbocycles. The van der Waals surface area contributed by atoms with Gasteiger partial charge in [-0.25, -0.2) is 8.42 Å². The minimum absolute atomic E-state index is 0.00877. The fraction of sp³-hybridized carbons (Fsp3) is 0.462. The summed E-state index contributed by atoms with van der Waals surface area (Å²) in [6, 6.07) is 2.23. The number of benzene rings is 1. The summed E-state index contributed by atoms with van der Waals surface area (Å²) in [5.41, 5.74) is -0.468. The van der Waals surface area contributed by atoms with Crippen LogP contribution in [0.25, 0.3) is 0 Å². The average molecular weight is 373 g/mol. The molecule has 0 fully saturated rings. The molecular weight excluding hydrogens is 357 g/mol. The van der Waals surface area contributed by atoms with E-state index in [1.165, 1.54) is 0 Å². The molecule has 0 atom stereocenters. The summed E-state index contributed by atoms with van der Waals surface area (Å²) in [6.07, 6.45) is 1.65. The predicted molar refractivity (Wildman–Crippen MR) is 86.0 cm³/mol. The lowest BCUT2D eigenvalue weighted by Crippen LogP contribution is -2.43. The van der Waals surface area contributed by atoms with Gasteiger partial charge in [0.05, 0.1) is 20.5 Å². The fourth-order valence-corrected chi connectivity index (χ4v) is 3.20. The summed E-state index contributed by atoms with van der Waals surface area (Å²) in [5, 5.41) is 2.75. The zero-order valence-corrected chi connectivity index (χ0v) is 14.9. The Balaban J connectivity index is 3.24. The lowest BCUT2D eigenvalue weighted by Gasteiger charge is -2.26. The minimum atomic E-state index is -4.00. The molecule has 0 heterocycles. The number of nitrogens with one attached hydrogen (secondary N) is 1. The maximum absolute atomic E-state index is 12.3. The van der Waals surface area contributed by atoms with Gasteiger partial charge >= 0.3 is 0 Å². The van der Waals surface area contributed by atoms with Crippen LogP contribution in [0.15, 0.2) is 17.0 Å². The Hall–Kier alpha value is -0.490. The van der Waals surface area contributed by atoms with Crippen LogP contribution in [0, 0.1) is 0 Å². The Morgan fingerprint density at radius 1 is 1.29 bits per heavy atom. The molecule has 0 unspecified atom stereocenters. The maximum atomic E-state index is 12.3. The van der Waals surface area contributed by atoms with Crippen molar-refractivity contribution in [3.05, 3.63) is 27.7 Å². The van der Waals surface area contributed by atoms with Crippen molar-refractivity contribution in [2.45, 2.75) is 44.0 Å². The molecule has 1 aromatic rings. The first-order valence-corrected chi connectivity index (χ1v) is 9.30. The van der Waals surface area contributed by atoms with Gasteiger partial charge in [-0.3, -0.25) is 4.79 Å². The maximum Gasteiger partial charge on any atom is 0.261 e. The third-order valence-electron chi connectivity index (χ3n) is 2.85. The summed E-state index contributed by atoms with van der Waals surface area (Å²) in [7, 11) is 1.28. The van der Waals surface area contributed by atoms with E-state index in [4.69, 9.17) is 33.9 Å². The number of halogens is 3. The van der Waals surface area contributed by atoms with Crippen molar-refractivity contribution in [1.29, 1.82) is 0 Å². The first kappa shape index (κ1) is 18.6. The highest BCUT2D eigenvalue weighted by Gasteiger charge is 2.24. The van der Waals surface area contributed by atoms with Crippen molar-refractivity contribution in [2.75, 3.05) is 0 Å². The molecule has 0 spiro atoms. The molecule has 8 heteroatoms. The summed E-state index contributed by atoms with van der Waals surface area (Å²) < 4.78 is 22.8. The number of hydrogen-bond acceptors (Lipinski definition) is 3. The van der Waals surface area contributed by atoms with E-state index in [2.05, 4.69) is 5.32 Å². The number of amides is 1. The van der Waals surface area contributed by atoms with Crippen LogP contribution in [-0.2, 0) is 9.05 Å². The second-order valence-electron chi connectivity index (χ2n) is 5.29. The number of rotatable bonds is 5. The zero-order chi connectivity index (χ0) is 16.4. The van der Waals surface area contributed by atoms with Crippen molar-refractivity contribution >= 4 is 48.8 Å². The first-order valence-electron chi connectivity index (χ1n) is 6.24. The van der Waals surface area contributed by atoms with Crippen LogP contribution in [0.5, 0.6) is 0 Å². The first-order chi connectivity index (χ1) is 9.48. The van der Waals surface area contributed by atoms with Gasteiger partial charge in [0.1, 0.15) is 0 Å². The largest absolute Gasteiger partial charge is 0.347 e. The van der Waals surface area contributed by atoms with Gasteiger partial charge in [0.2, 0.25) is 0 Å². The van der Waals surface area contributed by atoms with Gasteiger partial charge in [0.15, 0.2) is 0 Å². The third kappa shape index (κ3) is 5.02.